The van der Waals surface area contributed by atoms with Crippen LogP contribution in [-0.2, 0) is 4.79 Å². The van der Waals surface area contributed by atoms with Gasteiger partial charge in [0.1, 0.15) is 6.33 Å². The Balaban J connectivity index is 2.24. The Morgan fingerprint density at radius 3 is 3.06 bits per heavy atom. The third-order valence-corrected chi connectivity index (χ3v) is 2.64. The molecule has 0 bridgehead atoms. The molecular weight excluding hydrogens is 206 g/mol. The van der Waals surface area contributed by atoms with Crippen LogP contribution in [0.15, 0.2) is 40.9 Å². The highest BCUT2D eigenvalue weighted by molar-refractivity contribution is 5.92. The highest BCUT2D eigenvalue weighted by atomic mass is 16.4. The van der Waals surface area contributed by atoms with Crippen LogP contribution in [0.3, 0.4) is 0 Å². The van der Waals surface area contributed by atoms with Gasteiger partial charge in [0.25, 0.3) is 0 Å². The van der Waals surface area contributed by atoms with Crippen molar-refractivity contribution in [2.75, 3.05) is 0 Å². The van der Waals surface area contributed by atoms with Crippen LogP contribution in [-0.4, -0.2) is 21.0 Å². The molecule has 1 N–H and O–H groups in total. The number of hydrogen-bond donors (Lipinski definition) is 1. The first-order chi connectivity index (χ1) is 7.75. The molecule has 0 radical (unpaired) electrons. The molecule has 78 valence electrons. The molecule has 3 rings (SSSR count). The van der Waals surface area contributed by atoms with E-state index < -0.39 is 5.97 Å². The minimum absolute atomic E-state index is 0.366. The highest BCUT2D eigenvalue weighted by Gasteiger charge is 2.20. The van der Waals surface area contributed by atoms with Crippen LogP contribution in [0.2, 0.25) is 0 Å². The van der Waals surface area contributed by atoms with Crippen LogP contribution in [0.5, 0.6) is 0 Å². The third kappa shape index (κ3) is 1.18. The number of carboxylic acids is 1. The first kappa shape index (κ1) is 8.96. The van der Waals surface area contributed by atoms with E-state index in [-0.39, 0.29) is 0 Å². The number of rotatable bonds is 1. The van der Waals surface area contributed by atoms with E-state index in [1.54, 1.807) is 18.3 Å². The summed E-state index contributed by atoms with van der Waals surface area (Å²) in [5.74, 6) is -0.895. The summed E-state index contributed by atoms with van der Waals surface area (Å²) in [6.07, 6.45) is 6.79. The maximum Gasteiger partial charge on any atom is 0.331 e. The van der Waals surface area contributed by atoms with Crippen molar-refractivity contribution in [3.05, 3.63) is 46.7 Å². The van der Waals surface area contributed by atoms with Gasteiger partial charge in [0.05, 0.1) is 5.70 Å². The SMILES string of the molecule is O=C(O)C1=CC=C2N=c3ncncc3=C2C1. The third-order valence-electron chi connectivity index (χ3n) is 2.64. The molecule has 2 heterocycles. The molecule has 0 saturated carbocycles. The van der Waals surface area contributed by atoms with E-state index in [1.807, 2.05) is 0 Å². The average Bonchev–Trinajstić information content (AvgIpc) is 2.66. The molecule has 0 fully saturated rings. The van der Waals surface area contributed by atoms with Gasteiger partial charge >= 0.3 is 5.97 Å². The second-order valence-corrected chi connectivity index (χ2v) is 3.58. The summed E-state index contributed by atoms with van der Waals surface area (Å²) in [5, 5.41) is 9.77. The molecule has 1 aromatic heterocycles. The second-order valence-electron chi connectivity index (χ2n) is 3.58. The van der Waals surface area contributed by atoms with E-state index in [2.05, 4.69) is 15.0 Å². The van der Waals surface area contributed by atoms with E-state index in [0.29, 0.717) is 17.5 Å². The molecule has 1 aliphatic heterocycles. The number of carboxylic acid groups (broad SMARTS) is 1. The molecular formula is C11H7N3O2. The van der Waals surface area contributed by atoms with Gasteiger partial charge in [-0.25, -0.2) is 19.8 Å². The van der Waals surface area contributed by atoms with Gasteiger partial charge in [0, 0.05) is 23.4 Å². The summed E-state index contributed by atoms with van der Waals surface area (Å²) in [5.41, 5.74) is 2.68. The zero-order valence-electron chi connectivity index (χ0n) is 8.21. The first-order valence-electron chi connectivity index (χ1n) is 4.78. The van der Waals surface area contributed by atoms with Crippen LogP contribution in [0.25, 0.3) is 5.57 Å². The quantitative estimate of drug-likeness (QED) is 0.686. The van der Waals surface area contributed by atoms with Gasteiger partial charge in [0.2, 0.25) is 0 Å². The minimum Gasteiger partial charge on any atom is -0.478 e. The van der Waals surface area contributed by atoms with E-state index in [0.717, 1.165) is 16.5 Å². The zero-order chi connectivity index (χ0) is 11.1. The van der Waals surface area contributed by atoms with Crippen LogP contribution in [0.4, 0.5) is 0 Å². The molecule has 5 nitrogen and oxygen atoms in total. The number of aliphatic carboxylic acids is 1. The van der Waals surface area contributed by atoms with Gasteiger partial charge in [-0.05, 0) is 17.7 Å². The number of allylic oxidation sites excluding steroid dienone is 3. The molecule has 0 aromatic carbocycles. The van der Waals surface area contributed by atoms with Crippen molar-refractivity contribution in [2.45, 2.75) is 6.42 Å². The molecule has 0 unspecified atom stereocenters. The lowest BCUT2D eigenvalue weighted by atomic mass is 9.97. The maximum absolute atomic E-state index is 10.9. The van der Waals surface area contributed by atoms with Gasteiger partial charge in [-0.15, -0.1) is 0 Å². The average molecular weight is 213 g/mol. The standard InChI is InChI=1S/C11H7N3O2/c15-11(16)6-1-2-9-7(3-6)8-4-12-5-13-10(8)14-9/h1-2,4-5H,3H2,(H,15,16). The predicted octanol–water partition coefficient (Wildman–Crippen LogP) is -0.441. The van der Waals surface area contributed by atoms with Crippen LogP contribution >= 0.6 is 0 Å². The van der Waals surface area contributed by atoms with E-state index in [4.69, 9.17) is 5.11 Å². The molecule has 0 saturated heterocycles. The molecule has 1 aliphatic carbocycles. The Bertz CT molecular complexity index is 671. The molecule has 5 heteroatoms. The van der Waals surface area contributed by atoms with Gasteiger partial charge < -0.3 is 5.11 Å². The fourth-order valence-corrected chi connectivity index (χ4v) is 1.84. The lowest BCUT2D eigenvalue weighted by Gasteiger charge is -2.09. The number of fused-ring (bicyclic) bond motifs is 2. The van der Waals surface area contributed by atoms with Crippen molar-refractivity contribution >= 4 is 11.5 Å². The Kier molecular flexibility index (Phi) is 1.73. The molecule has 0 spiro atoms. The number of carbonyl (C=O) groups is 1. The van der Waals surface area contributed by atoms with Gasteiger partial charge in [-0.1, -0.05) is 0 Å². The summed E-state index contributed by atoms with van der Waals surface area (Å²) in [4.78, 5) is 23.2. The zero-order valence-corrected chi connectivity index (χ0v) is 8.21. The van der Waals surface area contributed by atoms with Gasteiger partial charge in [-0.2, -0.15) is 0 Å². The Labute approximate surface area is 90.2 Å². The number of hydrogen-bond acceptors (Lipinski definition) is 4. The Morgan fingerprint density at radius 2 is 2.25 bits per heavy atom. The Morgan fingerprint density at radius 1 is 1.38 bits per heavy atom. The summed E-state index contributed by atoms with van der Waals surface area (Å²) < 4.78 is 0. The van der Waals surface area contributed by atoms with Crippen molar-refractivity contribution in [1.82, 2.24) is 9.97 Å². The lowest BCUT2D eigenvalue weighted by molar-refractivity contribution is -0.132. The molecule has 1 aromatic rings. The molecule has 2 aliphatic rings. The minimum atomic E-state index is -0.895. The normalized spacial score (nSPS) is 16.9. The topological polar surface area (TPSA) is 75.4 Å². The summed E-state index contributed by atoms with van der Waals surface area (Å²) >= 11 is 0. The molecule has 16 heavy (non-hydrogen) atoms. The maximum atomic E-state index is 10.9. The van der Waals surface area contributed by atoms with Crippen molar-refractivity contribution in [3.8, 4) is 0 Å². The van der Waals surface area contributed by atoms with Crippen molar-refractivity contribution in [1.29, 1.82) is 0 Å². The van der Waals surface area contributed by atoms with E-state index in [1.165, 1.54) is 6.33 Å². The number of nitrogens with zero attached hydrogens (tertiary/aromatic N) is 3. The molecule has 0 amide bonds. The fourth-order valence-electron chi connectivity index (χ4n) is 1.84. The second kappa shape index (κ2) is 3.10. The Hall–Kier alpha value is -2.30. The monoisotopic (exact) mass is 213 g/mol. The lowest BCUT2D eigenvalue weighted by Crippen LogP contribution is -2.27. The van der Waals surface area contributed by atoms with Crippen LogP contribution < -0.4 is 10.7 Å². The van der Waals surface area contributed by atoms with E-state index in [9.17, 15) is 4.79 Å². The van der Waals surface area contributed by atoms with Crippen molar-refractivity contribution in [2.24, 2.45) is 4.99 Å². The van der Waals surface area contributed by atoms with Crippen LogP contribution in [0, 0.1) is 0 Å². The largest absolute Gasteiger partial charge is 0.478 e. The predicted molar refractivity (Wildman–Crippen MR) is 54.6 cm³/mol. The van der Waals surface area contributed by atoms with Crippen LogP contribution in [0.1, 0.15) is 6.42 Å². The summed E-state index contributed by atoms with van der Waals surface area (Å²) in [7, 11) is 0. The molecule has 0 atom stereocenters. The van der Waals surface area contributed by atoms with Crippen molar-refractivity contribution in [3.63, 3.8) is 0 Å². The fraction of sp³-hybridized carbons (Fsp3) is 0.0909. The van der Waals surface area contributed by atoms with Gasteiger partial charge in [-0.3, -0.25) is 0 Å². The highest BCUT2D eigenvalue weighted by Crippen LogP contribution is 2.26. The summed E-state index contributed by atoms with van der Waals surface area (Å²) in [6, 6.07) is 0. The van der Waals surface area contributed by atoms with E-state index >= 15 is 0 Å². The number of aromatic nitrogens is 2. The summed E-state index contributed by atoms with van der Waals surface area (Å²) in [6.45, 7) is 0. The van der Waals surface area contributed by atoms with Crippen molar-refractivity contribution < 1.29 is 9.90 Å². The smallest absolute Gasteiger partial charge is 0.331 e. The first-order valence-corrected chi connectivity index (χ1v) is 4.78. The van der Waals surface area contributed by atoms with Gasteiger partial charge in [0.15, 0.2) is 5.49 Å².